The van der Waals surface area contributed by atoms with Crippen LogP contribution in [0.25, 0.3) is 0 Å². The fraction of sp³-hybridized carbons (Fsp3) is 0.300. The third-order valence-corrected chi connectivity index (χ3v) is 7.35. The van der Waals surface area contributed by atoms with Crippen molar-refractivity contribution in [3.8, 4) is 0 Å². The van der Waals surface area contributed by atoms with Crippen LogP contribution in [0.4, 0.5) is 11.4 Å². The normalized spacial score (nSPS) is 16.2. The zero-order valence-electron chi connectivity index (χ0n) is 15.7. The number of hydrogen-bond donors (Lipinski definition) is 2. The van der Waals surface area contributed by atoms with E-state index in [0.717, 1.165) is 16.9 Å². The van der Waals surface area contributed by atoms with Gasteiger partial charge in [-0.15, -0.1) is 11.8 Å². The van der Waals surface area contributed by atoms with E-state index in [-0.39, 0.29) is 34.1 Å². The highest BCUT2D eigenvalue weighted by molar-refractivity contribution is 8.01. The Morgan fingerprint density at radius 2 is 2.00 bits per heavy atom. The topological polar surface area (TPSA) is 92.3 Å². The van der Waals surface area contributed by atoms with Gasteiger partial charge in [-0.25, -0.2) is 8.42 Å². The molecule has 6 nitrogen and oxygen atoms in total. The first-order valence-electron chi connectivity index (χ1n) is 9.01. The Bertz CT molecular complexity index is 1020. The lowest BCUT2D eigenvalue weighted by Gasteiger charge is -2.21. The average Bonchev–Trinajstić information content (AvgIpc) is 2.67. The first-order chi connectivity index (χ1) is 13.3. The van der Waals surface area contributed by atoms with Gasteiger partial charge in [-0.05, 0) is 49.2 Å². The summed E-state index contributed by atoms with van der Waals surface area (Å²) in [5.41, 5.74) is 2.24. The molecule has 2 aromatic rings. The predicted octanol–water partition coefficient (Wildman–Crippen LogP) is 3.48. The quantitative estimate of drug-likeness (QED) is 0.749. The number of aryl methyl sites for hydroxylation is 1. The van der Waals surface area contributed by atoms with Crippen LogP contribution in [0.3, 0.4) is 0 Å². The van der Waals surface area contributed by atoms with E-state index in [1.54, 1.807) is 19.1 Å². The first kappa shape index (κ1) is 20.4. The lowest BCUT2D eigenvalue weighted by Crippen LogP contribution is -2.26. The molecule has 0 spiro atoms. The minimum atomic E-state index is -3.65. The van der Waals surface area contributed by atoms with E-state index in [9.17, 15) is 18.0 Å². The molecule has 148 valence electrons. The van der Waals surface area contributed by atoms with Crippen LogP contribution in [0.2, 0.25) is 0 Å². The van der Waals surface area contributed by atoms with E-state index in [1.165, 1.54) is 23.9 Å². The van der Waals surface area contributed by atoms with E-state index in [1.807, 2.05) is 25.1 Å². The molecule has 2 amide bonds. The Kier molecular flexibility index (Phi) is 6.10. The fourth-order valence-corrected chi connectivity index (χ4v) is 5.01. The Morgan fingerprint density at radius 1 is 1.21 bits per heavy atom. The zero-order chi connectivity index (χ0) is 20.3. The molecule has 0 fully saturated rings. The van der Waals surface area contributed by atoms with Crippen LogP contribution in [-0.4, -0.2) is 31.2 Å². The van der Waals surface area contributed by atoms with Crippen LogP contribution in [-0.2, 0) is 25.8 Å². The maximum atomic E-state index is 12.6. The molecule has 1 aliphatic rings. The summed E-state index contributed by atoms with van der Waals surface area (Å²) in [5, 5.41) is 5.25. The van der Waals surface area contributed by atoms with Crippen LogP contribution in [0.1, 0.15) is 25.8 Å². The number of carbonyl (C=O) groups is 2. The van der Waals surface area contributed by atoms with E-state index in [4.69, 9.17) is 0 Å². The number of rotatable bonds is 6. The van der Waals surface area contributed by atoms with Gasteiger partial charge < -0.3 is 10.6 Å². The molecule has 28 heavy (non-hydrogen) atoms. The predicted molar refractivity (Wildman–Crippen MR) is 112 cm³/mol. The number of benzene rings is 2. The Labute approximate surface area is 169 Å². The summed E-state index contributed by atoms with van der Waals surface area (Å²) in [6.07, 6.45) is 0.706. The molecule has 1 aliphatic heterocycles. The molecule has 0 saturated heterocycles. The molecule has 1 heterocycles. The summed E-state index contributed by atoms with van der Waals surface area (Å²) in [7, 11) is -3.65. The average molecular weight is 419 g/mol. The van der Waals surface area contributed by atoms with Crippen LogP contribution >= 0.6 is 11.8 Å². The Hall–Kier alpha value is -2.32. The Morgan fingerprint density at radius 3 is 2.75 bits per heavy atom. The van der Waals surface area contributed by atoms with Gasteiger partial charge in [0.05, 0.1) is 21.6 Å². The van der Waals surface area contributed by atoms with Crippen molar-refractivity contribution in [2.75, 3.05) is 16.4 Å². The second kappa shape index (κ2) is 8.36. The van der Waals surface area contributed by atoms with Gasteiger partial charge in [-0.2, -0.15) is 0 Å². The van der Waals surface area contributed by atoms with Crippen molar-refractivity contribution in [2.45, 2.75) is 41.7 Å². The van der Waals surface area contributed by atoms with Gasteiger partial charge in [0, 0.05) is 17.0 Å². The van der Waals surface area contributed by atoms with Crippen molar-refractivity contribution in [3.63, 3.8) is 0 Å². The fourth-order valence-electron chi connectivity index (χ4n) is 2.82. The summed E-state index contributed by atoms with van der Waals surface area (Å²) < 4.78 is 25.2. The zero-order valence-corrected chi connectivity index (χ0v) is 17.3. The molecule has 1 atom stereocenters. The molecular formula is C20H22N2O4S2. The number of anilines is 2. The molecule has 1 unspecified atom stereocenters. The van der Waals surface area contributed by atoms with Crippen molar-refractivity contribution >= 4 is 44.8 Å². The summed E-state index contributed by atoms with van der Waals surface area (Å²) in [6, 6.07) is 12.1. The standard InChI is InChI=1S/C20H22N2O4S2/c1-3-14-5-4-6-15(11-14)21-19(23)9-10-28(25,26)16-7-8-18-17(12-16)22-20(24)13(2)27-18/h4-8,11-13H,3,9-10H2,1-2H3,(H,21,23)(H,22,24). The van der Waals surface area contributed by atoms with Gasteiger partial charge in [0.2, 0.25) is 11.8 Å². The molecular weight excluding hydrogens is 396 g/mol. The van der Waals surface area contributed by atoms with Crippen molar-refractivity contribution in [2.24, 2.45) is 0 Å². The highest BCUT2D eigenvalue weighted by atomic mass is 32.2. The van der Waals surface area contributed by atoms with Crippen LogP contribution in [0.15, 0.2) is 52.3 Å². The number of fused-ring (bicyclic) bond motifs is 1. The SMILES string of the molecule is CCc1cccc(NC(=O)CCS(=O)(=O)c2ccc3c(c2)NC(=O)C(C)S3)c1. The van der Waals surface area contributed by atoms with Gasteiger partial charge >= 0.3 is 0 Å². The number of hydrogen-bond acceptors (Lipinski definition) is 5. The third kappa shape index (κ3) is 4.74. The number of amides is 2. The van der Waals surface area contributed by atoms with Crippen LogP contribution < -0.4 is 10.6 Å². The molecule has 0 bridgehead atoms. The molecule has 8 heteroatoms. The van der Waals surface area contributed by atoms with Gasteiger partial charge in [0.15, 0.2) is 9.84 Å². The lowest BCUT2D eigenvalue weighted by atomic mass is 10.1. The minimum absolute atomic E-state index is 0.0995. The molecule has 3 rings (SSSR count). The summed E-state index contributed by atoms with van der Waals surface area (Å²) >= 11 is 1.39. The Balaban J connectivity index is 1.66. The molecule has 2 N–H and O–H groups in total. The third-order valence-electron chi connectivity index (χ3n) is 4.46. The van der Waals surface area contributed by atoms with E-state index >= 15 is 0 Å². The summed E-state index contributed by atoms with van der Waals surface area (Å²) in [6.45, 7) is 3.82. The number of carbonyl (C=O) groups excluding carboxylic acids is 2. The highest BCUT2D eigenvalue weighted by Gasteiger charge is 2.25. The number of sulfone groups is 1. The van der Waals surface area contributed by atoms with Gasteiger partial charge in [0.25, 0.3) is 0 Å². The van der Waals surface area contributed by atoms with Crippen molar-refractivity contribution in [3.05, 3.63) is 48.0 Å². The van der Waals surface area contributed by atoms with Crippen LogP contribution in [0, 0.1) is 0 Å². The molecule has 0 radical (unpaired) electrons. The van der Waals surface area contributed by atoms with Crippen molar-refractivity contribution in [1.29, 1.82) is 0 Å². The number of thioether (sulfide) groups is 1. The minimum Gasteiger partial charge on any atom is -0.326 e. The molecule has 0 aliphatic carbocycles. The summed E-state index contributed by atoms with van der Waals surface area (Å²) in [5.74, 6) is -0.809. The monoisotopic (exact) mass is 418 g/mol. The molecule has 0 saturated carbocycles. The first-order valence-corrected chi connectivity index (χ1v) is 11.5. The maximum Gasteiger partial charge on any atom is 0.237 e. The van der Waals surface area contributed by atoms with E-state index in [0.29, 0.717) is 11.4 Å². The largest absolute Gasteiger partial charge is 0.326 e. The van der Waals surface area contributed by atoms with E-state index < -0.39 is 9.84 Å². The maximum absolute atomic E-state index is 12.6. The summed E-state index contributed by atoms with van der Waals surface area (Å²) in [4.78, 5) is 24.9. The van der Waals surface area contributed by atoms with E-state index in [2.05, 4.69) is 10.6 Å². The molecule has 0 aromatic heterocycles. The van der Waals surface area contributed by atoms with Gasteiger partial charge in [0.1, 0.15) is 0 Å². The highest BCUT2D eigenvalue weighted by Crippen LogP contribution is 2.36. The van der Waals surface area contributed by atoms with Gasteiger partial charge in [-0.1, -0.05) is 19.1 Å². The van der Waals surface area contributed by atoms with Crippen molar-refractivity contribution < 1.29 is 18.0 Å². The smallest absolute Gasteiger partial charge is 0.237 e. The second-order valence-electron chi connectivity index (χ2n) is 6.58. The lowest BCUT2D eigenvalue weighted by molar-refractivity contribution is -0.116. The number of nitrogens with one attached hydrogen (secondary N) is 2. The van der Waals surface area contributed by atoms with Gasteiger partial charge in [-0.3, -0.25) is 9.59 Å². The molecule has 2 aromatic carbocycles. The van der Waals surface area contributed by atoms with Crippen LogP contribution in [0.5, 0.6) is 0 Å². The second-order valence-corrected chi connectivity index (χ2v) is 10.1. The van der Waals surface area contributed by atoms with Crippen molar-refractivity contribution in [1.82, 2.24) is 0 Å².